The lowest BCUT2D eigenvalue weighted by Gasteiger charge is -2.25. The maximum Gasteiger partial charge on any atom is 0.117 e. The number of hydrogen-bond acceptors (Lipinski definition) is 3. The molecular weight excluding hydrogens is 176 g/mol. The fourth-order valence-corrected chi connectivity index (χ4v) is 1.63. The Morgan fingerprint density at radius 1 is 1.57 bits per heavy atom. The van der Waals surface area contributed by atoms with Crippen LogP contribution in [-0.4, -0.2) is 24.5 Å². The minimum atomic E-state index is 0.463. The third-order valence-electron chi connectivity index (χ3n) is 2.50. The summed E-state index contributed by atoms with van der Waals surface area (Å²) in [5.74, 6) is 1.00. The summed E-state index contributed by atoms with van der Waals surface area (Å²) in [6.45, 7) is 3.74. The average molecular weight is 196 g/mol. The number of nitrogens with zero attached hydrogens (tertiary/aromatic N) is 1. The van der Waals surface area contributed by atoms with Crippen LogP contribution in [0, 0.1) is 0 Å². The van der Waals surface area contributed by atoms with E-state index in [9.17, 15) is 0 Å². The van der Waals surface area contributed by atoms with Crippen LogP contribution >= 0.6 is 0 Å². The monoisotopic (exact) mass is 196 g/mol. The molecule has 0 radical (unpaired) electrons. The Balaban J connectivity index is 2.43. The highest BCUT2D eigenvalue weighted by atomic mass is 16.3. The fraction of sp³-hybridized carbons (Fsp3) is 0.636. The van der Waals surface area contributed by atoms with Crippen LogP contribution in [0.1, 0.15) is 25.5 Å². The Morgan fingerprint density at radius 2 is 2.36 bits per heavy atom. The summed E-state index contributed by atoms with van der Waals surface area (Å²) < 4.78 is 5.29. The third-order valence-corrected chi connectivity index (χ3v) is 2.50. The van der Waals surface area contributed by atoms with Gasteiger partial charge in [0.25, 0.3) is 0 Å². The van der Waals surface area contributed by atoms with Crippen molar-refractivity contribution >= 4 is 0 Å². The quantitative estimate of drug-likeness (QED) is 0.755. The third kappa shape index (κ3) is 3.16. The van der Waals surface area contributed by atoms with E-state index in [0.717, 1.165) is 18.7 Å². The SMILES string of the molecule is CCCC(CN)N(C)Cc1ccco1. The van der Waals surface area contributed by atoms with E-state index in [1.165, 1.54) is 6.42 Å². The van der Waals surface area contributed by atoms with Gasteiger partial charge in [0.05, 0.1) is 12.8 Å². The molecule has 14 heavy (non-hydrogen) atoms. The lowest BCUT2D eigenvalue weighted by atomic mass is 10.1. The molecule has 1 aromatic rings. The topological polar surface area (TPSA) is 42.4 Å². The molecule has 0 spiro atoms. The van der Waals surface area contributed by atoms with Gasteiger partial charge >= 0.3 is 0 Å². The first-order chi connectivity index (χ1) is 6.77. The van der Waals surface area contributed by atoms with E-state index < -0.39 is 0 Å². The van der Waals surface area contributed by atoms with Crippen molar-refractivity contribution in [2.75, 3.05) is 13.6 Å². The molecule has 1 aromatic heterocycles. The largest absolute Gasteiger partial charge is 0.468 e. The van der Waals surface area contributed by atoms with Gasteiger partial charge in [0.15, 0.2) is 0 Å². The van der Waals surface area contributed by atoms with Crippen LogP contribution in [0.4, 0.5) is 0 Å². The maximum atomic E-state index is 5.72. The second kappa shape index (κ2) is 5.83. The molecule has 1 unspecified atom stereocenters. The Kier molecular flexibility index (Phi) is 4.70. The lowest BCUT2D eigenvalue weighted by molar-refractivity contribution is 0.209. The standard InChI is InChI=1S/C11H20N2O/c1-3-5-10(8-12)13(2)9-11-6-4-7-14-11/h4,6-7,10H,3,5,8-9,12H2,1-2H3. The summed E-state index contributed by atoms with van der Waals surface area (Å²) >= 11 is 0. The number of hydrogen-bond donors (Lipinski definition) is 1. The van der Waals surface area contributed by atoms with E-state index in [4.69, 9.17) is 10.2 Å². The maximum absolute atomic E-state index is 5.72. The molecule has 1 rings (SSSR count). The highest BCUT2D eigenvalue weighted by Crippen LogP contribution is 2.09. The van der Waals surface area contributed by atoms with E-state index in [2.05, 4.69) is 18.9 Å². The van der Waals surface area contributed by atoms with E-state index in [0.29, 0.717) is 12.6 Å². The molecule has 2 N–H and O–H groups in total. The first-order valence-corrected chi connectivity index (χ1v) is 5.20. The van der Waals surface area contributed by atoms with Gasteiger partial charge in [-0.3, -0.25) is 4.90 Å². The zero-order valence-electron chi connectivity index (χ0n) is 9.07. The minimum Gasteiger partial charge on any atom is -0.468 e. The normalized spacial score (nSPS) is 13.4. The van der Waals surface area contributed by atoms with Crippen LogP contribution < -0.4 is 5.73 Å². The van der Waals surface area contributed by atoms with E-state index in [1.807, 2.05) is 12.1 Å². The van der Waals surface area contributed by atoms with Crippen molar-refractivity contribution in [1.82, 2.24) is 4.90 Å². The van der Waals surface area contributed by atoms with Crippen molar-refractivity contribution in [3.05, 3.63) is 24.2 Å². The summed E-state index contributed by atoms with van der Waals surface area (Å²) in [7, 11) is 2.09. The van der Waals surface area contributed by atoms with E-state index in [-0.39, 0.29) is 0 Å². The molecule has 0 aromatic carbocycles. The molecule has 0 saturated heterocycles. The number of nitrogens with two attached hydrogens (primary N) is 1. The Labute approximate surface area is 85.9 Å². The van der Waals surface area contributed by atoms with Crippen molar-refractivity contribution in [3.63, 3.8) is 0 Å². The van der Waals surface area contributed by atoms with E-state index >= 15 is 0 Å². The van der Waals surface area contributed by atoms with Crippen LogP contribution in [0.3, 0.4) is 0 Å². The second-order valence-electron chi connectivity index (χ2n) is 3.67. The first kappa shape index (κ1) is 11.3. The van der Waals surface area contributed by atoms with Crippen molar-refractivity contribution in [1.29, 1.82) is 0 Å². The van der Waals surface area contributed by atoms with Crippen LogP contribution in [0.2, 0.25) is 0 Å². The smallest absolute Gasteiger partial charge is 0.117 e. The summed E-state index contributed by atoms with van der Waals surface area (Å²) in [5.41, 5.74) is 5.72. The number of rotatable bonds is 6. The van der Waals surface area contributed by atoms with Gasteiger partial charge in [0.2, 0.25) is 0 Å². The molecule has 0 amide bonds. The second-order valence-corrected chi connectivity index (χ2v) is 3.67. The van der Waals surface area contributed by atoms with Crippen LogP contribution in [0.5, 0.6) is 0 Å². The first-order valence-electron chi connectivity index (χ1n) is 5.20. The van der Waals surface area contributed by atoms with Gasteiger partial charge in [0.1, 0.15) is 5.76 Å². The Morgan fingerprint density at radius 3 is 2.86 bits per heavy atom. The van der Waals surface area contributed by atoms with E-state index in [1.54, 1.807) is 6.26 Å². The Bertz CT molecular complexity index is 233. The predicted octanol–water partition coefficient (Wildman–Crippen LogP) is 1.84. The van der Waals surface area contributed by atoms with Gasteiger partial charge in [-0.2, -0.15) is 0 Å². The highest BCUT2D eigenvalue weighted by Gasteiger charge is 2.12. The van der Waals surface area contributed by atoms with Crippen LogP contribution in [0.25, 0.3) is 0 Å². The molecular formula is C11H20N2O. The van der Waals surface area contributed by atoms with Crippen molar-refractivity contribution in [3.8, 4) is 0 Å². The molecule has 1 heterocycles. The summed E-state index contributed by atoms with van der Waals surface area (Å²) in [5, 5.41) is 0. The zero-order valence-corrected chi connectivity index (χ0v) is 9.07. The molecule has 0 aliphatic rings. The molecule has 0 fully saturated rings. The molecule has 0 saturated carbocycles. The highest BCUT2D eigenvalue weighted by molar-refractivity contribution is 4.98. The van der Waals surface area contributed by atoms with Gasteiger partial charge in [-0.1, -0.05) is 13.3 Å². The summed E-state index contributed by atoms with van der Waals surface area (Å²) in [6, 6.07) is 4.38. The summed E-state index contributed by atoms with van der Waals surface area (Å²) in [6.07, 6.45) is 4.03. The molecule has 0 aliphatic heterocycles. The van der Waals surface area contributed by atoms with Gasteiger partial charge < -0.3 is 10.2 Å². The van der Waals surface area contributed by atoms with Crippen molar-refractivity contribution in [2.24, 2.45) is 5.73 Å². The molecule has 0 bridgehead atoms. The molecule has 3 heteroatoms. The number of furan rings is 1. The van der Waals surface area contributed by atoms with Crippen molar-refractivity contribution in [2.45, 2.75) is 32.4 Å². The van der Waals surface area contributed by atoms with Crippen LogP contribution in [0.15, 0.2) is 22.8 Å². The van der Waals surface area contributed by atoms with Crippen LogP contribution in [-0.2, 0) is 6.54 Å². The molecule has 1 atom stereocenters. The average Bonchev–Trinajstić information content (AvgIpc) is 2.66. The Hall–Kier alpha value is -0.800. The van der Waals surface area contributed by atoms with Gasteiger partial charge in [-0.15, -0.1) is 0 Å². The van der Waals surface area contributed by atoms with Gasteiger partial charge in [0, 0.05) is 12.6 Å². The molecule has 0 aliphatic carbocycles. The number of likely N-dealkylation sites (N-methyl/N-ethyl adjacent to an activating group) is 1. The summed E-state index contributed by atoms with van der Waals surface area (Å²) in [4.78, 5) is 2.25. The molecule has 3 nitrogen and oxygen atoms in total. The molecule has 80 valence electrons. The lowest BCUT2D eigenvalue weighted by Crippen LogP contribution is -2.37. The van der Waals surface area contributed by atoms with Gasteiger partial charge in [-0.25, -0.2) is 0 Å². The van der Waals surface area contributed by atoms with Gasteiger partial charge in [-0.05, 0) is 25.6 Å². The zero-order chi connectivity index (χ0) is 10.4. The predicted molar refractivity (Wildman–Crippen MR) is 57.9 cm³/mol. The van der Waals surface area contributed by atoms with Crippen molar-refractivity contribution < 1.29 is 4.42 Å². The minimum absolute atomic E-state index is 0.463. The fourth-order valence-electron chi connectivity index (χ4n) is 1.63.